The molecule has 96 valence electrons. The number of carbonyl (C=O) groups excluding carboxylic acids is 1. The lowest BCUT2D eigenvalue weighted by Gasteiger charge is -2.07. The number of rotatable bonds is 4. The standard InChI is InChI=1S/C16H14O2S/c1-18-16(17)12-15(13-8-4-2-5-9-13)19-14-10-6-3-7-11-14/h2-12H,1H3/b15-12+. The van der Waals surface area contributed by atoms with Gasteiger partial charge in [-0.2, -0.15) is 0 Å². The van der Waals surface area contributed by atoms with Gasteiger partial charge in [-0.1, -0.05) is 60.3 Å². The van der Waals surface area contributed by atoms with E-state index in [4.69, 9.17) is 4.74 Å². The molecule has 0 atom stereocenters. The van der Waals surface area contributed by atoms with Crippen molar-refractivity contribution in [3.63, 3.8) is 0 Å². The fraction of sp³-hybridized carbons (Fsp3) is 0.0625. The maximum atomic E-state index is 11.5. The monoisotopic (exact) mass is 270 g/mol. The Kier molecular flexibility index (Phi) is 4.81. The van der Waals surface area contributed by atoms with Gasteiger partial charge in [-0.3, -0.25) is 0 Å². The summed E-state index contributed by atoms with van der Waals surface area (Å²) in [4.78, 5) is 13.4. The molecule has 0 aliphatic carbocycles. The smallest absolute Gasteiger partial charge is 0.331 e. The predicted octanol–water partition coefficient (Wildman–Crippen LogP) is 3.99. The maximum absolute atomic E-state index is 11.5. The largest absolute Gasteiger partial charge is 0.466 e. The Morgan fingerprint density at radius 1 is 1.00 bits per heavy atom. The highest BCUT2D eigenvalue weighted by atomic mass is 32.2. The molecule has 2 nitrogen and oxygen atoms in total. The first kappa shape index (κ1) is 13.4. The fourth-order valence-corrected chi connectivity index (χ4v) is 2.51. The van der Waals surface area contributed by atoms with Crippen LogP contribution in [0.2, 0.25) is 0 Å². The number of carbonyl (C=O) groups is 1. The Bertz CT molecular complexity index is 562. The molecule has 0 saturated heterocycles. The summed E-state index contributed by atoms with van der Waals surface area (Å²) in [5.74, 6) is -0.345. The second-order valence-electron chi connectivity index (χ2n) is 3.81. The van der Waals surface area contributed by atoms with Gasteiger partial charge in [-0.25, -0.2) is 4.79 Å². The highest BCUT2D eigenvalue weighted by molar-refractivity contribution is 8.08. The van der Waals surface area contributed by atoms with Gasteiger partial charge < -0.3 is 4.74 Å². The van der Waals surface area contributed by atoms with Crippen molar-refractivity contribution in [3.05, 3.63) is 72.3 Å². The van der Waals surface area contributed by atoms with E-state index in [-0.39, 0.29) is 5.97 Å². The predicted molar refractivity (Wildman–Crippen MR) is 78.7 cm³/mol. The molecule has 19 heavy (non-hydrogen) atoms. The molecule has 2 aromatic carbocycles. The van der Waals surface area contributed by atoms with Gasteiger partial charge in [0.2, 0.25) is 0 Å². The van der Waals surface area contributed by atoms with Crippen molar-refractivity contribution in [3.8, 4) is 0 Å². The van der Waals surface area contributed by atoms with Crippen LogP contribution in [-0.4, -0.2) is 13.1 Å². The summed E-state index contributed by atoms with van der Waals surface area (Å²) in [6.07, 6.45) is 1.52. The Hall–Kier alpha value is -2.00. The minimum atomic E-state index is -0.345. The summed E-state index contributed by atoms with van der Waals surface area (Å²) in [6.45, 7) is 0. The summed E-state index contributed by atoms with van der Waals surface area (Å²) < 4.78 is 4.71. The van der Waals surface area contributed by atoms with Crippen LogP contribution in [0.15, 0.2) is 71.6 Å². The molecule has 0 amide bonds. The number of ether oxygens (including phenoxy) is 1. The second-order valence-corrected chi connectivity index (χ2v) is 4.93. The number of hydrogen-bond donors (Lipinski definition) is 0. The number of thioether (sulfide) groups is 1. The van der Waals surface area contributed by atoms with Gasteiger partial charge in [0, 0.05) is 15.9 Å². The minimum Gasteiger partial charge on any atom is -0.466 e. The Labute approximate surface area is 117 Å². The molecule has 0 N–H and O–H groups in total. The third kappa shape index (κ3) is 4.00. The van der Waals surface area contributed by atoms with Crippen LogP contribution in [0.5, 0.6) is 0 Å². The second kappa shape index (κ2) is 6.81. The van der Waals surface area contributed by atoms with Gasteiger partial charge in [0.05, 0.1) is 7.11 Å². The first-order valence-corrected chi connectivity index (χ1v) is 6.69. The maximum Gasteiger partial charge on any atom is 0.331 e. The molecule has 0 radical (unpaired) electrons. The molecule has 2 aromatic rings. The van der Waals surface area contributed by atoms with Crippen LogP contribution >= 0.6 is 11.8 Å². The Morgan fingerprint density at radius 2 is 1.58 bits per heavy atom. The van der Waals surface area contributed by atoms with E-state index in [1.807, 2.05) is 60.7 Å². The number of hydrogen-bond acceptors (Lipinski definition) is 3. The zero-order valence-corrected chi connectivity index (χ0v) is 11.4. The number of esters is 1. The molecule has 3 heteroatoms. The Balaban J connectivity index is 2.30. The van der Waals surface area contributed by atoms with Crippen LogP contribution in [0.3, 0.4) is 0 Å². The van der Waals surface area contributed by atoms with Gasteiger partial charge >= 0.3 is 5.97 Å². The minimum absolute atomic E-state index is 0.345. The molecule has 0 aromatic heterocycles. The topological polar surface area (TPSA) is 26.3 Å². The molecule has 2 rings (SSSR count). The summed E-state index contributed by atoms with van der Waals surface area (Å²) in [5.41, 5.74) is 1.00. The average molecular weight is 270 g/mol. The van der Waals surface area contributed by atoms with Crippen molar-refractivity contribution in [2.75, 3.05) is 7.11 Å². The summed E-state index contributed by atoms with van der Waals surface area (Å²) in [5, 5.41) is 0. The van der Waals surface area contributed by atoms with Crippen LogP contribution in [0.1, 0.15) is 5.56 Å². The molecule has 0 aliphatic rings. The molecule has 0 unspecified atom stereocenters. The van der Waals surface area contributed by atoms with Crippen molar-refractivity contribution < 1.29 is 9.53 Å². The molecular formula is C16H14O2S. The van der Waals surface area contributed by atoms with Crippen molar-refractivity contribution >= 4 is 22.6 Å². The first-order chi connectivity index (χ1) is 9.29. The van der Waals surface area contributed by atoms with Gasteiger partial charge in [-0.15, -0.1) is 0 Å². The van der Waals surface area contributed by atoms with E-state index in [0.717, 1.165) is 15.4 Å². The van der Waals surface area contributed by atoms with Crippen LogP contribution in [0.25, 0.3) is 4.91 Å². The van der Waals surface area contributed by atoms with Crippen molar-refractivity contribution in [2.45, 2.75) is 4.90 Å². The van der Waals surface area contributed by atoms with E-state index >= 15 is 0 Å². The average Bonchev–Trinajstić information content (AvgIpc) is 2.48. The molecule has 0 fully saturated rings. The van der Waals surface area contributed by atoms with E-state index in [9.17, 15) is 4.79 Å². The third-order valence-electron chi connectivity index (χ3n) is 2.48. The van der Waals surface area contributed by atoms with Crippen molar-refractivity contribution in [2.24, 2.45) is 0 Å². The third-order valence-corrected chi connectivity index (χ3v) is 3.56. The molecule has 0 saturated carbocycles. The molecule has 0 aliphatic heterocycles. The Morgan fingerprint density at radius 3 is 2.16 bits per heavy atom. The van der Waals surface area contributed by atoms with E-state index in [1.165, 1.54) is 13.2 Å². The van der Waals surface area contributed by atoms with E-state index in [0.29, 0.717) is 0 Å². The van der Waals surface area contributed by atoms with Gasteiger partial charge in [0.25, 0.3) is 0 Å². The summed E-state index contributed by atoms with van der Waals surface area (Å²) in [7, 11) is 1.38. The normalized spacial score (nSPS) is 11.1. The zero-order valence-electron chi connectivity index (χ0n) is 10.6. The lowest BCUT2D eigenvalue weighted by atomic mass is 10.2. The SMILES string of the molecule is COC(=O)/C=C(/Sc1ccccc1)c1ccccc1. The highest BCUT2D eigenvalue weighted by Crippen LogP contribution is 2.33. The lowest BCUT2D eigenvalue weighted by molar-refractivity contribution is -0.134. The molecule has 0 heterocycles. The van der Waals surface area contributed by atoms with Crippen LogP contribution < -0.4 is 0 Å². The zero-order chi connectivity index (χ0) is 13.5. The van der Waals surface area contributed by atoms with E-state index in [1.54, 1.807) is 11.8 Å². The van der Waals surface area contributed by atoms with Crippen molar-refractivity contribution in [1.82, 2.24) is 0 Å². The number of methoxy groups -OCH3 is 1. The summed E-state index contributed by atoms with van der Waals surface area (Å²) in [6, 6.07) is 19.7. The first-order valence-electron chi connectivity index (χ1n) is 5.87. The molecule has 0 bridgehead atoms. The van der Waals surface area contributed by atoms with Crippen LogP contribution in [-0.2, 0) is 9.53 Å². The van der Waals surface area contributed by atoms with Gasteiger partial charge in [0.15, 0.2) is 0 Å². The van der Waals surface area contributed by atoms with Crippen LogP contribution in [0, 0.1) is 0 Å². The van der Waals surface area contributed by atoms with Crippen LogP contribution in [0.4, 0.5) is 0 Å². The van der Waals surface area contributed by atoms with Gasteiger partial charge in [-0.05, 0) is 17.7 Å². The molecular weight excluding hydrogens is 256 g/mol. The highest BCUT2D eigenvalue weighted by Gasteiger charge is 2.06. The quantitative estimate of drug-likeness (QED) is 0.477. The molecule has 0 spiro atoms. The van der Waals surface area contributed by atoms with Crippen molar-refractivity contribution in [1.29, 1.82) is 0 Å². The summed E-state index contributed by atoms with van der Waals surface area (Å²) >= 11 is 1.55. The lowest BCUT2D eigenvalue weighted by Crippen LogP contribution is -1.95. The van der Waals surface area contributed by atoms with E-state index in [2.05, 4.69) is 0 Å². The van der Waals surface area contributed by atoms with Gasteiger partial charge in [0.1, 0.15) is 0 Å². The fourth-order valence-electron chi connectivity index (χ4n) is 1.56. The number of benzene rings is 2. The van der Waals surface area contributed by atoms with E-state index < -0.39 is 0 Å².